The summed E-state index contributed by atoms with van der Waals surface area (Å²) in [5.74, 6) is 0.0780. The summed E-state index contributed by atoms with van der Waals surface area (Å²) in [7, 11) is 1.92. The molecule has 0 fully saturated rings. The Hall–Kier alpha value is -1.09. The number of nitrogens with zero attached hydrogens (tertiary/aromatic N) is 1. The summed E-state index contributed by atoms with van der Waals surface area (Å²) in [6, 6.07) is 0. The van der Waals surface area contributed by atoms with Gasteiger partial charge in [0.1, 0.15) is 0 Å². The van der Waals surface area contributed by atoms with Gasteiger partial charge < -0.3 is 10.0 Å². The summed E-state index contributed by atoms with van der Waals surface area (Å²) in [6.45, 7) is 9.40. The van der Waals surface area contributed by atoms with Crippen LogP contribution >= 0.6 is 0 Å². The van der Waals surface area contributed by atoms with Crippen LogP contribution in [0, 0.1) is 0 Å². The Balaban J connectivity index is 4.56. The third-order valence-corrected chi connectivity index (χ3v) is 2.36. The summed E-state index contributed by atoms with van der Waals surface area (Å²) in [5, 5.41) is 9.66. The van der Waals surface area contributed by atoms with E-state index < -0.39 is 5.60 Å². The molecular weight excluding hydrogens is 202 g/mol. The smallest absolute Gasteiger partial charge is 0.155 e. The first-order chi connectivity index (χ1) is 7.13. The average Bonchev–Trinajstić information content (AvgIpc) is 2.10. The monoisotopic (exact) mass is 225 g/mol. The molecule has 0 saturated heterocycles. The van der Waals surface area contributed by atoms with Gasteiger partial charge in [-0.05, 0) is 46.3 Å². The molecule has 0 aromatic heterocycles. The third kappa shape index (κ3) is 6.40. The minimum Gasteiger partial charge on any atom is -0.389 e. The topological polar surface area (TPSA) is 40.5 Å². The van der Waals surface area contributed by atoms with Crippen molar-refractivity contribution in [3.63, 3.8) is 0 Å². The van der Waals surface area contributed by atoms with Crippen LogP contribution in [0.15, 0.2) is 23.4 Å². The van der Waals surface area contributed by atoms with Crippen LogP contribution in [-0.2, 0) is 4.79 Å². The molecule has 0 amide bonds. The molecular formula is C13H23NO2. The van der Waals surface area contributed by atoms with Crippen LogP contribution in [-0.4, -0.2) is 35.0 Å². The maximum atomic E-state index is 11.0. The Morgan fingerprint density at radius 3 is 2.12 bits per heavy atom. The maximum absolute atomic E-state index is 11.0. The number of rotatable bonds is 5. The van der Waals surface area contributed by atoms with E-state index in [4.69, 9.17) is 0 Å². The van der Waals surface area contributed by atoms with Crippen LogP contribution in [0.5, 0.6) is 0 Å². The average molecular weight is 225 g/mol. The van der Waals surface area contributed by atoms with Crippen LogP contribution in [0.2, 0.25) is 0 Å². The van der Waals surface area contributed by atoms with Gasteiger partial charge in [0.25, 0.3) is 0 Å². The van der Waals surface area contributed by atoms with Crippen LogP contribution in [0.25, 0.3) is 0 Å². The number of likely N-dealkylation sites (N-methyl/N-ethyl adjacent to an activating group) is 1. The quantitative estimate of drug-likeness (QED) is 0.575. The molecule has 0 spiro atoms. The first-order valence-corrected chi connectivity index (χ1v) is 5.43. The maximum Gasteiger partial charge on any atom is 0.155 e. The van der Waals surface area contributed by atoms with E-state index in [2.05, 4.69) is 0 Å². The molecule has 0 aromatic carbocycles. The Morgan fingerprint density at radius 1 is 1.25 bits per heavy atom. The zero-order valence-corrected chi connectivity index (χ0v) is 11.2. The number of hydrogen-bond donors (Lipinski definition) is 1. The third-order valence-electron chi connectivity index (χ3n) is 2.36. The van der Waals surface area contributed by atoms with Gasteiger partial charge in [0.2, 0.25) is 0 Å². The minimum absolute atomic E-state index is 0.0780. The van der Waals surface area contributed by atoms with Gasteiger partial charge in [0, 0.05) is 19.3 Å². The Bertz CT molecular complexity index is 308. The van der Waals surface area contributed by atoms with Gasteiger partial charge in [-0.2, -0.15) is 0 Å². The van der Waals surface area contributed by atoms with Gasteiger partial charge in [0.05, 0.1) is 5.60 Å². The van der Waals surface area contributed by atoms with Crippen LogP contribution in [0.1, 0.15) is 34.6 Å². The normalized spacial score (nSPS) is 13.9. The molecule has 1 N–H and O–H groups in total. The second kappa shape index (κ2) is 5.85. The molecule has 0 atom stereocenters. The fraction of sp³-hybridized carbons (Fsp3) is 0.615. The van der Waals surface area contributed by atoms with E-state index in [0.29, 0.717) is 6.54 Å². The number of Topliss-reactive ketones (excluding diaryl/α,β-unsaturated/α-hetero) is 1. The lowest BCUT2D eigenvalue weighted by molar-refractivity contribution is -0.113. The van der Waals surface area contributed by atoms with E-state index >= 15 is 0 Å². The highest BCUT2D eigenvalue weighted by molar-refractivity contribution is 5.92. The largest absolute Gasteiger partial charge is 0.389 e. The molecule has 0 rings (SSSR count). The highest BCUT2D eigenvalue weighted by Gasteiger charge is 2.15. The predicted octanol–water partition coefficient (Wildman–Crippen LogP) is 2.13. The zero-order valence-electron chi connectivity index (χ0n) is 11.2. The van der Waals surface area contributed by atoms with Crippen molar-refractivity contribution in [3.8, 4) is 0 Å². The van der Waals surface area contributed by atoms with Crippen molar-refractivity contribution in [2.75, 3.05) is 13.6 Å². The minimum atomic E-state index is -0.719. The van der Waals surface area contributed by atoms with Gasteiger partial charge in [-0.25, -0.2) is 0 Å². The Morgan fingerprint density at radius 2 is 1.75 bits per heavy atom. The highest BCUT2D eigenvalue weighted by atomic mass is 16.3. The van der Waals surface area contributed by atoms with E-state index in [1.807, 2.05) is 24.9 Å². The van der Waals surface area contributed by atoms with Gasteiger partial charge in [-0.15, -0.1) is 0 Å². The van der Waals surface area contributed by atoms with Crippen molar-refractivity contribution in [2.45, 2.75) is 40.2 Å². The molecule has 0 radical (unpaired) electrons. The van der Waals surface area contributed by atoms with Gasteiger partial charge in [-0.1, -0.05) is 6.08 Å². The molecule has 3 nitrogen and oxygen atoms in total. The lowest BCUT2D eigenvalue weighted by Gasteiger charge is -2.27. The molecule has 0 aliphatic carbocycles. The van der Waals surface area contributed by atoms with E-state index in [0.717, 1.165) is 11.3 Å². The van der Waals surface area contributed by atoms with Crippen molar-refractivity contribution in [2.24, 2.45) is 0 Å². The van der Waals surface area contributed by atoms with E-state index in [1.54, 1.807) is 33.8 Å². The standard InChI is InChI=1S/C13H23NO2/c1-10(12(3)15)7-8-11(2)14(6)9-13(4,5)16/h7-8,16H,9H2,1-6H3/b10-7+,11-8+. The molecule has 0 saturated carbocycles. The number of aliphatic hydroxyl groups is 1. The zero-order chi connectivity index (χ0) is 12.9. The van der Waals surface area contributed by atoms with Crippen molar-refractivity contribution < 1.29 is 9.90 Å². The van der Waals surface area contributed by atoms with Crippen molar-refractivity contribution in [3.05, 3.63) is 23.4 Å². The predicted molar refractivity (Wildman–Crippen MR) is 67.1 cm³/mol. The number of carbonyl (C=O) groups is 1. The molecule has 0 aliphatic rings. The highest BCUT2D eigenvalue weighted by Crippen LogP contribution is 2.09. The first-order valence-electron chi connectivity index (χ1n) is 5.43. The molecule has 3 heteroatoms. The van der Waals surface area contributed by atoms with Crippen molar-refractivity contribution in [1.29, 1.82) is 0 Å². The molecule has 0 bridgehead atoms. The van der Waals surface area contributed by atoms with Gasteiger partial charge >= 0.3 is 0 Å². The molecule has 0 unspecified atom stereocenters. The van der Waals surface area contributed by atoms with E-state index in [9.17, 15) is 9.90 Å². The summed E-state index contributed by atoms with van der Waals surface area (Å²) in [5.41, 5.74) is 1.03. The number of carbonyl (C=O) groups excluding carboxylic acids is 1. The Kier molecular flexibility index (Phi) is 5.45. The molecule has 0 heterocycles. The second-order valence-electron chi connectivity index (χ2n) is 4.88. The van der Waals surface area contributed by atoms with Gasteiger partial charge in [-0.3, -0.25) is 4.79 Å². The summed E-state index contributed by atoms with van der Waals surface area (Å²) in [6.07, 6.45) is 3.70. The molecule has 92 valence electrons. The summed E-state index contributed by atoms with van der Waals surface area (Å²) >= 11 is 0. The van der Waals surface area contributed by atoms with Crippen molar-refractivity contribution in [1.82, 2.24) is 4.90 Å². The van der Waals surface area contributed by atoms with Crippen LogP contribution < -0.4 is 0 Å². The van der Waals surface area contributed by atoms with Crippen molar-refractivity contribution >= 4 is 5.78 Å². The SMILES string of the molecule is CC(=O)/C(C)=C/C=C(\C)N(C)CC(C)(C)O. The number of allylic oxidation sites excluding steroid dienone is 4. The van der Waals surface area contributed by atoms with Crippen LogP contribution in [0.3, 0.4) is 0 Å². The Labute approximate surface area is 98.5 Å². The lowest BCUT2D eigenvalue weighted by atomic mass is 10.1. The summed E-state index contributed by atoms with van der Waals surface area (Å²) in [4.78, 5) is 13.0. The van der Waals surface area contributed by atoms with E-state index in [1.165, 1.54) is 0 Å². The second-order valence-corrected chi connectivity index (χ2v) is 4.88. The first kappa shape index (κ1) is 14.9. The molecule has 0 aromatic rings. The fourth-order valence-corrected chi connectivity index (χ4v) is 1.20. The van der Waals surface area contributed by atoms with E-state index in [-0.39, 0.29) is 5.78 Å². The summed E-state index contributed by atoms with van der Waals surface area (Å²) < 4.78 is 0. The number of hydrogen-bond acceptors (Lipinski definition) is 3. The molecule has 0 aliphatic heterocycles. The number of ketones is 1. The molecule has 16 heavy (non-hydrogen) atoms. The van der Waals surface area contributed by atoms with Crippen LogP contribution in [0.4, 0.5) is 0 Å². The lowest BCUT2D eigenvalue weighted by Crippen LogP contribution is -2.35. The fourth-order valence-electron chi connectivity index (χ4n) is 1.20. The van der Waals surface area contributed by atoms with Gasteiger partial charge in [0.15, 0.2) is 5.78 Å².